The van der Waals surface area contributed by atoms with Crippen LogP contribution in [0.2, 0.25) is 15.1 Å². The van der Waals surface area contributed by atoms with Crippen LogP contribution >= 0.6 is 46.1 Å². The maximum atomic E-state index is 13.9. The SMILES string of the molecule is Cc1ccc2c(Cl)c(C(=O)N3c4ccccc4NC(=O)[C@H]3CC(=O)Nc3ccc(Cl)c(Cl)c3)sc2c1. The quantitative estimate of drug-likeness (QED) is 0.279. The summed E-state index contributed by atoms with van der Waals surface area (Å²) < 4.78 is 0.868. The molecular weight excluding hydrogens is 541 g/mol. The summed E-state index contributed by atoms with van der Waals surface area (Å²) in [5, 5.41) is 7.24. The number of anilines is 3. The van der Waals surface area contributed by atoms with E-state index in [4.69, 9.17) is 34.8 Å². The van der Waals surface area contributed by atoms with Gasteiger partial charge in [-0.05, 0) is 48.9 Å². The molecule has 0 fully saturated rings. The van der Waals surface area contributed by atoms with Crippen molar-refractivity contribution in [1.29, 1.82) is 0 Å². The average Bonchev–Trinajstić information content (AvgIpc) is 3.17. The van der Waals surface area contributed by atoms with Crippen molar-refractivity contribution in [3.8, 4) is 0 Å². The number of nitrogens with zero attached hydrogens (tertiary/aromatic N) is 1. The summed E-state index contributed by atoms with van der Waals surface area (Å²) in [7, 11) is 0. The molecule has 2 N–H and O–H groups in total. The lowest BCUT2D eigenvalue weighted by Gasteiger charge is -2.36. The lowest BCUT2D eigenvalue weighted by molar-refractivity contribution is -0.122. The number of benzene rings is 3. The number of carbonyl (C=O) groups is 3. The molecule has 2 heterocycles. The highest BCUT2D eigenvalue weighted by molar-refractivity contribution is 7.21. The molecule has 1 aliphatic heterocycles. The van der Waals surface area contributed by atoms with E-state index in [0.717, 1.165) is 15.6 Å². The van der Waals surface area contributed by atoms with Crippen molar-refractivity contribution in [2.45, 2.75) is 19.4 Å². The zero-order valence-corrected chi connectivity index (χ0v) is 21.9. The standard InChI is InChI=1S/C26H18Cl3N3O3S/c1-13-6-8-15-21(10-13)36-24(23(15)29)26(35)32-19-5-3-2-4-18(19)31-25(34)20(32)12-22(33)30-14-7-9-16(27)17(28)11-14/h2-11,20H,12H2,1H3,(H,30,33)(H,31,34)/t20-/m1/s1. The van der Waals surface area contributed by atoms with Gasteiger partial charge in [0, 0.05) is 15.8 Å². The van der Waals surface area contributed by atoms with E-state index in [9.17, 15) is 14.4 Å². The van der Waals surface area contributed by atoms with Crippen LogP contribution in [-0.4, -0.2) is 23.8 Å². The molecule has 0 bridgehead atoms. The predicted octanol–water partition coefficient (Wildman–Crippen LogP) is 7.17. The van der Waals surface area contributed by atoms with Gasteiger partial charge in [0.25, 0.3) is 5.91 Å². The second-order valence-electron chi connectivity index (χ2n) is 8.32. The number of carbonyl (C=O) groups excluding carboxylic acids is 3. The number of amides is 3. The Kier molecular flexibility index (Phi) is 6.66. The molecule has 0 saturated heterocycles. The first kappa shape index (κ1) is 24.6. The topological polar surface area (TPSA) is 78.5 Å². The number of aryl methyl sites for hydroxylation is 1. The zero-order valence-electron chi connectivity index (χ0n) is 18.8. The largest absolute Gasteiger partial charge is 0.326 e. The Bertz CT molecular complexity index is 1550. The molecule has 10 heteroatoms. The van der Waals surface area contributed by atoms with Crippen molar-refractivity contribution in [3.05, 3.63) is 86.2 Å². The van der Waals surface area contributed by atoms with Crippen LogP contribution in [0.5, 0.6) is 0 Å². The molecule has 5 rings (SSSR count). The van der Waals surface area contributed by atoms with Gasteiger partial charge in [0.1, 0.15) is 10.9 Å². The summed E-state index contributed by atoms with van der Waals surface area (Å²) in [4.78, 5) is 41.7. The Morgan fingerprint density at radius 3 is 2.58 bits per heavy atom. The van der Waals surface area contributed by atoms with Crippen LogP contribution in [-0.2, 0) is 9.59 Å². The predicted molar refractivity (Wildman–Crippen MR) is 147 cm³/mol. The molecule has 1 aromatic heterocycles. The summed E-state index contributed by atoms with van der Waals surface area (Å²) in [6, 6.07) is 16.3. The van der Waals surface area contributed by atoms with Crippen LogP contribution < -0.4 is 15.5 Å². The maximum Gasteiger partial charge on any atom is 0.270 e. The molecule has 182 valence electrons. The minimum atomic E-state index is -1.10. The van der Waals surface area contributed by atoms with Gasteiger partial charge in [0.05, 0.1) is 32.9 Å². The van der Waals surface area contributed by atoms with Crippen molar-refractivity contribution in [1.82, 2.24) is 0 Å². The second-order valence-corrected chi connectivity index (χ2v) is 10.6. The molecule has 4 aromatic rings. The Morgan fingerprint density at radius 1 is 1.03 bits per heavy atom. The first-order valence-corrected chi connectivity index (χ1v) is 12.8. The number of hydrogen-bond acceptors (Lipinski definition) is 4. The van der Waals surface area contributed by atoms with Crippen molar-refractivity contribution in [3.63, 3.8) is 0 Å². The van der Waals surface area contributed by atoms with Crippen LogP contribution in [0.3, 0.4) is 0 Å². The van der Waals surface area contributed by atoms with Crippen LogP contribution in [0.4, 0.5) is 17.1 Å². The van der Waals surface area contributed by atoms with E-state index in [2.05, 4.69) is 10.6 Å². The first-order chi connectivity index (χ1) is 17.2. The molecule has 6 nitrogen and oxygen atoms in total. The lowest BCUT2D eigenvalue weighted by atomic mass is 10.0. The molecule has 0 unspecified atom stereocenters. The summed E-state index contributed by atoms with van der Waals surface area (Å²) in [6.45, 7) is 1.96. The second kappa shape index (κ2) is 9.75. The monoisotopic (exact) mass is 557 g/mol. The van der Waals surface area contributed by atoms with E-state index in [1.54, 1.807) is 36.4 Å². The van der Waals surface area contributed by atoms with Gasteiger partial charge in [-0.25, -0.2) is 0 Å². The van der Waals surface area contributed by atoms with Crippen LogP contribution in [0.25, 0.3) is 10.1 Å². The van der Waals surface area contributed by atoms with Gasteiger partial charge in [0.2, 0.25) is 11.8 Å². The number of hydrogen-bond donors (Lipinski definition) is 2. The van der Waals surface area contributed by atoms with Gasteiger partial charge in [0.15, 0.2) is 0 Å². The van der Waals surface area contributed by atoms with Crippen LogP contribution in [0, 0.1) is 6.92 Å². The number of halogens is 3. The number of rotatable bonds is 4. The molecule has 1 aliphatic rings. The van der Waals surface area contributed by atoms with E-state index in [1.807, 2.05) is 25.1 Å². The van der Waals surface area contributed by atoms with Crippen molar-refractivity contribution >= 4 is 91.0 Å². The van der Waals surface area contributed by atoms with Gasteiger partial charge in [-0.1, -0.05) is 59.1 Å². The molecule has 3 aromatic carbocycles. The van der Waals surface area contributed by atoms with Crippen LogP contribution in [0.1, 0.15) is 21.7 Å². The molecule has 0 spiro atoms. The average molecular weight is 559 g/mol. The van der Waals surface area contributed by atoms with E-state index >= 15 is 0 Å². The number of para-hydroxylation sites is 2. The molecule has 0 saturated carbocycles. The molecule has 3 amide bonds. The lowest BCUT2D eigenvalue weighted by Crippen LogP contribution is -2.52. The highest BCUT2D eigenvalue weighted by Crippen LogP contribution is 2.40. The first-order valence-electron chi connectivity index (χ1n) is 10.9. The van der Waals surface area contributed by atoms with Gasteiger partial charge in [-0.15, -0.1) is 11.3 Å². The maximum absolute atomic E-state index is 13.9. The van der Waals surface area contributed by atoms with Crippen LogP contribution in [0.15, 0.2) is 60.7 Å². The summed E-state index contributed by atoms with van der Waals surface area (Å²) in [6.07, 6.45) is -0.284. The summed E-state index contributed by atoms with van der Waals surface area (Å²) in [5.74, 6) is -1.39. The van der Waals surface area contributed by atoms with Gasteiger partial charge in [-0.3, -0.25) is 19.3 Å². The van der Waals surface area contributed by atoms with Gasteiger partial charge in [-0.2, -0.15) is 0 Å². The Labute approximate surface area is 225 Å². The number of thiophene rings is 1. The van der Waals surface area contributed by atoms with E-state index < -0.39 is 23.8 Å². The van der Waals surface area contributed by atoms with Crippen molar-refractivity contribution < 1.29 is 14.4 Å². The molecular formula is C26H18Cl3N3O3S. The third kappa shape index (κ3) is 4.55. The third-order valence-corrected chi connectivity index (χ3v) is 8.20. The molecule has 0 aliphatic carbocycles. The van der Waals surface area contributed by atoms with E-state index in [1.165, 1.54) is 22.3 Å². The summed E-state index contributed by atoms with van der Waals surface area (Å²) >= 11 is 19.9. The molecule has 0 radical (unpaired) electrons. The Hall–Kier alpha value is -3.10. The zero-order chi connectivity index (χ0) is 25.6. The molecule has 36 heavy (non-hydrogen) atoms. The number of nitrogens with one attached hydrogen (secondary N) is 2. The Morgan fingerprint density at radius 2 is 1.81 bits per heavy atom. The third-order valence-electron chi connectivity index (χ3n) is 5.82. The highest BCUT2D eigenvalue weighted by atomic mass is 35.5. The summed E-state index contributed by atoms with van der Waals surface area (Å²) in [5.41, 5.74) is 2.43. The van der Waals surface area contributed by atoms with E-state index in [-0.39, 0.29) is 11.4 Å². The fourth-order valence-electron chi connectivity index (χ4n) is 4.11. The van der Waals surface area contributed by atoms with Gasteiger partial charge < -0.3 is 10.6 Å². The van der Waals surface area contributed by atoms with Crippen molar-refractivity contribution in [2.75, 3.05) is 15.5 Å². The van der Waals surface area contributed by atoms with Gasteiger partial charge >= 0.3 is 0 Å². The number of fused-ring (bicyclic) bond motifs is 2. The smallest absolute Gasteiger partial charge is 0.270 e. The highest BCUT2D eigenvalue weighted by Gasteiger charge is 2.39. The minimum Gasteiger partial charge on any atom is -0.326 e. The molecule has 1 atom stereocenters. The normalized spacial score (nSPS) is 14.9. The fourth-order valence-corrected chi connectivity index (χ4v) is 5.95. The Balaban J connectivity index is 1.51. The van der Waals surface area contributed by atoms with Crippen molar-refractivity contribution in [2.24, 2.45) is 0 Å². The van der Waals surface area contributed by atoms with E-state index in [0.29, 0.717) is 32.0 Å². The fraction of sp³-hybridized carbons (Fsp3) is 0.115. The minimum absolute atomic E-state index is 0.283.